The van der Waals surface area contributed by atoms with Crippen molar-refractivity contribution in [3.05, 3.63) is 42.0 Å². The maximum absolute atomic E-state index is 12.6. The highest BCUT2D eigenvalue weighted by Crippen LogP contribution is 2.53. The highest BCUT2D eigenvalue weighted by molar-refractivity contribution is 6.23. The van der Waals surface area contributed by atoms with E-state index >= 15 is 0 Å². The Morgan fingerprint density at radius 2 is 1.65 bits per heavy atom. The van der Waals surface area contributed by atoms with E-state index in [4.69, 9.17) is 5.26 Å². The monoisotopic (exact) mass is 264 g/mol. The van der Waals surface area contributed by atoms with E-state index in [9.17, 15) is 9.59 Å². The number of allylic oxidation sites excluding steroid dienone is 2. The Morgan fingerprint density at radius 3 is 2.25 bits per heavy atom. The summed E-state index contributed by atoms with van der Waals surface area (Å²) in [4.78, 5) is 26.5. The van der Waals surface area contributed by atoms with Crippen molar-refractivity contribution in [3.8, 4) is 6.07 Å². The first kappa shape index (κ1) is 11.4. The largest absolute Gasteiger partial charge is 0.274 e. The fraction of sp³-hybridized carbons (Fsp3) is 0.312. The van der Waals surface area contributed by atoms with Gasteiger partial charge in [0, 0.05) is 0 Å². The van der Waals surface area contributed by atoms with Gasteiger partial charge in [-0.2, -0.15) is 5.26 Å². The second-order valence-electron chi connectivity index (χ2n) is 5.64. The molecule has 4 nitrogen and oxygen atoms in total. The van der Waals surface area contributed by atoms with Crippen molar-refractivity contribution >= 4 is 17.5 Å². The van der Waals surface area contributed by atoms with Gasteiger partial charge in [0.25, 0.3) is 0 Å². The molecule has 0 N–H and O–H groups in total. The fourth-order valence-corrected chi connectivity index (χ4v) is 3.90. The zero-order chi connectivity index (χ0) is 13.9. The average Bonchev–Trinajstić information content (AvgIpc) is 3.13. The number of hydrogen-bond acceptors (Lipinski definition) is 3. The number of rotatable bonds is 1. The minimum atomic E-state index is -0.218. The van der Waals surface area contributed by atoms with Crippen molar-refractivity contribution in [2.24, 2.45) is 23.7 Å². The number of carbonyl (C=O) groups is 2. The summed E-state index contributed by atoms with van der Waals surface area (Å²) < 4.78 is 0. The number of para-hydroxylation sites is 1. The van der Waals surface area contributed by atoms with Crippen LogP contribution in [-0.2, 0) is 9.59 Å². The van der Waals surface area contributed by atoms with Crippen LogP contribution >= 0.6 is 0 Å². The van der Waals surface area contributed by atoms with Crippen molar-refractivity contribution in [2.45, 2.75) is 6.42 Å². The third-order valence-corrected chi connectivity index (χ3v) is 4.74. The number of fused-ring (bicyclic) bond motifs is 5. The number of hydrogen-bond donors (Lipinski definition) is 0. The van der Waals surface area contributed by atoms with Crippen LogP contribution in [0, 0.1) is 35.0 Å². The van der Waals surface area contributed by atoms with Gasteiger partial charge >= 0.3 is 0 Å². The van der Waals surface area contributed by atoms with Gasteiger partial charge in [-0.3, -0.25) is 9.59 Å². The number of nitriles is 1. The molecule has 20 heavy (non-hydrogen) atoms. The average molecular weight is 264 g/mol. The number of amides is 2. The van der Waals surface area contributed by atoms with Gasteiger partial charge in [-0.1, -0.05) is 24.3 Å². The summed E-state index contributed by atoms with van der Waals surface area (Å²) in [5.41, 5.74) is 0.799. The Bertz CT molecular complexity index is 671. The quantitative estimate of drug-likeness (QED) is 0.574. The Balaban J connectivity index is 1.81. The number of imide groups is 1. The van der Waals surface area contributed by atoms with E-state index in [1.54, 1.807) is 24.3 Å². The van der Waals surface area contributed by atoms with Gasteiger partial charge in [0.15, 0.2) is 0 Å². The normalized spacial score (nSPS) is 33.6. The van der Waals surface area contributed by atoms with Crippen molar-refractivity contribution in [1.29, 1.82) is 5.26 Å². The SMILES string of the molecule is N#Cc1ccccc1N1C(=O)[C@H]2[C@H](C1=O)[C@H]1C=C[C@H]2C1. The van der Waals surface area contributed by atoms with Gasteiger partial charge in [0.05, 0.1) is 23.1 Å². The summed E-state index contributed by atoms with van der Waals surface area (Å²) in [5, 5.41) is 9.16. The Labute approximate surface area is 116 Å². The molecule has 1 saturated carbocycles. The molecule has 0 spiro atoms. The Hall–Kier alpha value is -2.41. The second-order valence-corrected chi connectivity index (χ2v) is 5.64. The summed E-state index contributed by atoms with van der Waals surface area (Å²) in [6, 6.07) is 8.85. The highest BCUT2D eigenvalue weighted by Gasteiger charge is 2.59. The van der Waals surface area contributed by atoms with Crippen molar-refractivity contribution in [3.63, 3.8) is 0 Å². The van der Waals surface area contributed by atoms with Gasteiger partial charge in [0.2, 0.25) is 11.8 Å². The lowest BCUT2D eigenvalue weighted by molar-refractivity contribution is -0.123. The van der Waals surface area contributed by atoms with Crippen molar-refractivity contribution < 1.29 is 9.59 Å². The van der Waals surface area contributed by atoms with E-state index < -0.39 is 0 Å². The molecule has 1 aliphatic heterocycles. The van der Waals surface area contributed by atoms with Crippen LogP contribution in [0.25, 0.3) is 0 Å². The maximum Gasteiger partial charge on any atom is 0.238 e. The summed E-state index contributed by atoms with van der Waals surface area (Å²) in [5.74, 6) is -0.325. The third-order valence-electron chi connectivity index (χ3n) is 4.74. The first-order chi connectivity index (χ1) is 9.72. The topological polar surface area (TPSA) is 61.2 Å². The smallest absolute Gasteiger partial charge is 0.238 e. The molecular formula is C16H12N2O2. The second kappa shape index (κ2) is 3.80. The summed E-state index contributed by atoms with van der Waals surface area (Å²) >= 11 is 0. The molecule has 2 bridgehead atoms. The minimum Gasteiger partial charge on any atom is -0.274 e. The van der Waals surface area contributed by atoms with Crippen molar-refractivity contribution in [1.82, 2.24) is 0 Å². The molecule has 4 atom stereocenters. The zero-order valence-electron chi connectivity index (χ0n) is 10.7. The van der Waals surface area contributed by atoms with E-state index in [2.05, 4.69) is 18.2 Å². The van der Waals surface area contributed by atoms with Gasteiger partial charge in [-0.25, -0.2) is 4.90 Å². The molecule has 0 radical (unpaired) electrons. The maximum atomic E-state index is 12.6. The van der Waals surface area contributed by atoms with Gasteiger partial charge in [0.1, 0.15) is 6.07 Å². The van der Waals surface area contributed by atoms with Gasteiger partial charge in [-0.05, 0) is 30.4 Å². The molecule has 1 saturated heterocycles. The van der Waals surface area contributed by atoms with E-state index in [1.807, 2.05) is 0 Å². The molecule has 98 valence electrons. The van der Waals surface area contributed by atoms with E-state index in [1.165, 1.54) is 4.90 Å². The first-order valence-corrected chi connectivity index (χ1v) is 6.77. The molecule has 4 rings (SSSR count). The van der Waals surface area contributed by atoms with Gasteiger partial charge < -0.3 is 0 Å². The number of carbonyl (C=O) groups excluding carboxylic acids is 2. The Kier molecular flexibility index (Phi) is 2.17. The van der Waals surface area contributed by atoms with Crippen LogP contribution in [-0.4, -0.2) is 11.8 Å². The van der Waals surface area contributed by atoms with E-state index in [0.717, 1.165) is 6.42 Å². The number of anilines is 1. The zero-order valence-corrected chi connectivity index (χ0v) is 10.7. The third kappa shape index (κ3) is 1.25. The molecule has 0 unspecified atom stereocenters. The van der Waals surface area contributed by atoms with E-state index in [0.29, 0.717) is 11.3 Å². The molecule has 2 amide bonds. The summed E-state index contributed by atoms with van der Waals surface area (Å²) in [6.45, 7) is 0. The summed E-state index contributed by atoms with van der Waals surface area (Å²) in [6.07, 6.45) is 5.05. The lowest BCUT2D eigenvalue weighted by Crippen LogP contribution is -2.33. The molecule has 1 aromatic rings. The predicted octanol–water partition coefficient (Wildman–Crippen LogP) is 1.87. The molecular weight excluding hydrogens is 252 g/mol. The van der Waals surface area contributed by atoms with Crippen LogP contribution in [0.5, 0.6) is 0 Å². The Morgan fingerprint density at radius 1 is 1.05 bits per heavy atom. The van der Waals surface area contributed by atoms with Crippen LogP contribution in [0.2, 0.25) is 0 Å². The van der Waals surface area contributed by atoms with Crippen LogP contribution < -0.4 is 4.90 Å². The minimum absolute atomic E-state index is 0.139. The molecule has 2 aliphatic carbocycles. The lowest BCUT2D eigenvalue weighted by Gasteiger charge is -2.18. The highest BCUT2D eigenvalue weighted by atomic mass is 16.2. The van der Waals surface area contributed by atoms with E-state index in [-0.39, 0.29) is 35.5 Å². The lowest BCUT2D eigenvalue weighted by atomic mass is 9.85. The first-order valence-electron chi connectivity index (χ1n) is 6.77. The molecule has 1 heterocycles. The molecule has 4 heteroatoms. The molecule has 2 fully saturated rings. The number of benzene rings is 1. The van der Waals surface area contributed by atoms with Crippen LogP contribution in [0.1, 0.15) is 12.0 Å². The number of nitrogens with zero attached hydrogens (tertiary/aromatic N) is 2. The summed E-state index contributed by atoms with van der Waals surface area (Å²) in [7, 11) is 0. The van der Waals surface area contributed by atoms with Crippen LogP contribution in [0.3, 0.4) is 0 Å². The fourth-order valence-electron chi connectivity index (χ4n) is 3.90. The van der Waals surface area contributed by atoms with Crippen LogP contribution in [0.15, 0.2) is 36.4 Å². The molecule has 1 aromatic carbocycles. The van der Waals surface area contributed by atoms with Crippen LogP contribution in [0.4, 0.5) is 5.69 Å². The predicted molar refractivity (Wildman–Crippen MR) is 71.4 cm³/mol. The van der Waals surface area contributed by atoms with Crippen molar-refractivity contribution in [2.75, 3.05) is 4.90 Å². The molecule has 0 aromatic heterocycles. The standard InChI is InChI=1S/C16H12N2O2/c17-8-11-3-1-2-4-12(11)18-15(19)13-9-5-6-10(7-9)14(13)16(18)20/h1-6,9-10,13-14H,7H2/t9-,10-,13+,14+/m0/s1. The molecule has 3 aliphatic rings. The van der Waals surface area contributed by atoms with Gasteiger partial charge in [-0.15, -0.1) is 0 Å².